The highest BCUT2D eigenvalue weighted by molar-refractivity contribution is 5.29. The van der Waals surface area contributed by atoms with E-state index in [1.165, 1.54) is 12.1 Å². The third kappa shape index (κ3) is 3.23. The molecule has 0 aliphatic heterocycles. The first-order valence-corrected chi connectivity index (χ1v) is 5.61. The minimum absolute atomic E-state index is 0.230. The summed E-state index contributed by atoms with van der Waals surface area (Å²) in [6.07, 6.45) is 2.95. The molecule has 0 aliphatic rings. The van der Waals surface area contributed by atoms with Crippen LogP contribution in [0.5, 0.6) is 0 Å². The van der Waals surface area contributed by atoms with Crippen molar-refractivity contribution in [3.05, 3.63) is 53.4 Å². The molecule has 0 spiro atoms. The topological polar surface area (TPSA) is 37.8 Å². The van der Waals surface area contributed by atoms with Crippen LogP contribution in [0.2, 0.25) is 0 Å². The number of hydrogen-bond donors (Lipinski definition) is 1. The molecule has 1 aromatic heterocycles. The second kappa shape index (κ2) is 5.53. The molecule has 94 valence electrons. The summed E-state index contributed by atoms with van der Waals surface area (Å²) in [5, 5.41) is 2.98. The van der Waals surface area contributed by atoms with Crippen LogP contribution in [0.25, 0.3) is 0 Å². The van der Waals surface area contributed by atoms with Crippen molar-refractivity contribution >= 4 is 5.95 Å². The molecule has 0 radical (unpaired) electrons. The van der Waals surface area contributed by atoms with Gasteiger partial charge in [0.15, 0.2) is 5.82 Å². The quantitative estimate of drug-likeness (QED) is 0.905. The van der Waals surface area contributed by atoms with Crippen molar-refractivity contribution in [2.24, 2.45) is 0 Å². The first-order chi connectivity index (χ1) is 8.65. The van der Waals surface area contributed by atoms with Gasteiger partial charge in [0.2, 0.25) is 5.95 Å². The van der Waals surface area contributed by atoms with Crippen molar-refractivity contribution in [3.63, 3.8) is 0 Å². The number of anilines is 1. The SMILES string of the molecule is Cc1cc(F)ccc1CCNc1ncc(F)cn1. The molecule has 0 bridgehead atoms. The van der Waals surface area contributed by atoms with Crippen molar-refractivity contribution in [1.82, 2.24) is 9.97 Å². The molecule has 3 nitrogen and oxygen atoms in total. The van der Waals surface area contributed by atoms with Gasteiger partial charge in [0.25, 0.3) is 0 Å². The van der Waals surface area contributed by atoms with Crippen molar-refractivity contribution in [1.29, 1.82) is 0 Å². The lowest BCUT2D eigenvalue weighted by molar-refractivity contribution is 0.614. The van der Waals surface area contributed by atoms with Gasteiger partial charge in [0.1, 0.15) is 5.82 Å². The summed E-state index contributed by atoms with van der Waals surface area (Å²) in [5.74, 6) is -0.308. The molecular weight excluding hydrogens is 236 g/mol. The third-order valence-electron chi connectivity index (χ3n) is 2.60. The predicted molar refractivity (Wildman–Crippen MR) is 65.3 cm³/mol. The van der Waals surface area contributed by atoms with Crippen LogP contribution in [0, 0.1) is 18.6 Å². The normalized spacial score (nSPS) is 10.4. The van der Waals surface area contributed by atoms with E-state index in [-0.39, 0.29) is 5.82 Å². The maximum Gasteiger partial charge on any atom is 0.222 e. The Bertz CT molecular complexity index is 526. The maximum absolute atomic E-state index is 12.9. The molecular formula is C13H13F2N3. The minimum atomic E-state index is -0.463. The molecule has 2 rings (SSSR count). The molecule has 18 heavy (non-hydrogen) atoms. The molecule has 0 fully saturated rings. The van der Waals surface area contributed by atoms with Gasteiger partial charge in [-0.25, -0.2) is 18.7 Å². The monoisotopic (exact) mass is 249 g/mol. The van der Waals surface area contributed by atoms with Gasteiger partial charge in [0.05, 0.1) is 12.4 Å². The first-order valence-electron chi connectivity index (χ1n) is 5.61. The molecule has 0 amide bonds. The number of benzene rings is 1. The summed E-state index contributed by atoms with van der Waals surface area (Å²) >= 11 is 0. The van der Waals surface area contributed by atoms with E-state index in [2.05, 4.69) is 15.3 Å². The van der Waals surface area contributed by atoms with Crippen molar-refractivity contribution in [2.45, 2.75) is 13.3 Å². The summed E-state index contributed by atoms with van der Waals surface area (Å²) < 4.78 is 25.5. The molecule has 0 unspecified atom stereocenters. The van der Waals surface area contributed by atoms with Gasteiger partial charge in [0, 0.05) is 6.54 Å². The lowest BCUT2D eigenvalue weighted by Gasteiger charge is -2.07. The fraction of sp³-hybridized carbons (Fsp3) is 0.231. The van der Waals surface area contributed by atoms with E-state index in [1.807, 2.05) is 6.92 Å². The Labute approximate surface area is 104 Å². The van der Waals surface area contributed by atoms with Gasteiger partial charge >= 0.3 is 0 Å². The fourth-order valence-electron chi connectivity index (χ4n) is 1.65. The highest BCUT2D eigenvalue weighted by Crippen LogP contribution is 2.10. The molecule has 2 aromatic rings. The van der Waals surface area contributed by atoms with E-state index in [9.17, 15) is 8.78 Å². The second-order valence-electron chi connectivity index (χ2n) is 3.97. The fourth-order valence-corrected chi connectivity index (χ4v) is 1.65. The smallest absolute Gasteiger partial charge is 0.222 e. The van der Waals surface area contributed by atoms with Crippen LogP contribution in [0.3, 0.4) is 0 Å². The second-order valence-corrected chi connectivity index (χ2v) is 3.97. The van der Waals surface area contributed by atoms with Crippen LogP contribution >= 0.6 is 0 Å². The zero-order chi connectivity index (χ0) is 13.0. The van der Waals surface area contributed by atoms with E-state index in [0.29, 0.717) is 12.5 Å². The zero-order valence-corrected chi connectivity index (χ0v) is 9.95. The van der Waals surface area contributed by atoms with Crippen molar-refractivity contribution in [2.75, 3.05) is 11.9 Å². The summed E-state index contributed by atoms with van der Waals surface area (Å²) in [7, 11) is 0. The lowest BCUT2D eigenvalue weighted by atomic mass is 10.1. The summed E-state index contributed by atoms with van der Waals surface area (Å²) in [4.78, 5) is 7.58. The van der Waals surface area contributed by atoms with Crippen LogP contribution in [0.15, 0.2) is 30.6 Å². The Morgan fingerprint density at radius 2 is 1.83 bits per heavy atom. The Kier molecular flexibility index (Phi) is 3.82. The number of nitrogens with zero attached hydrogens (tertiary/aromatic N) is 2. The summed E-state index contributed by atoms with van der Waals surface area (Å²) in [6.45, 7) is 2.48. The molecule has 0 saturated carbocycles. The number of halogens is 2. The van der Waals surface area contributed by atoms with E-state index in [1.54, 1.807) is 6.07 Å². The first kappa shape index (κ1) is 12.4. The summed E-state index contributed by atoms with van der Waals surface area (Å²) in [6, 6.07) is 4.71. The molecule has 1 aromatic carbocycles. The van der Waals surface area contributed by atoms with E-state index in [0.717, 1.165) is 29.9 Å². The van der Waals surface area contributed by atoms with Gasteiger partial charge in [-0.1, -0.05) is 6.07 Å². The van der Waals surface area contributed by atoms with Gasteiger partial charge in [-0.05, 0) is 36.6 Å². The number of aromatic nitrogens is 2. The summed E-state index contributed by atoms with van der Waals surface area (Å²) in [5.41, 5.74) is 1.97. The van der Waals surface area contributed by atoms with Gasteiger partial charge < -0.3 is 5.32 Å². The van der Waals surface area contributed by atoms with Crippen molar-refractivity contribution in [3.8, 4) is 0 Å². The number of rotatable bonds is 4. The molecule has 0 atom stereocenters. The highest BCUT2D eigenvalue weighted by atomic mass is 19.1. The Balaban J connectivity index is 1.90. The van der Waals surface area contributed by atoms with E-state index >= 15 is 0 Å². The standard InChI is InChI=1S/C13H13F2N3/c1-9-6-11(14)3-2-10(9)4-5-16-13-17-7-12(15)8-18-13/h2-3,6-8H,4-5H2,1H3,(H,16,17,18). The van der Waals surface area contributed by atoms with E-state index < -0.39 is 5.82 Å². The molecule has 0 aliphatic carbocycles. The number of aryl methyl sites for hydroxylation is 1. The minimum Gasteiger partial charge on any atom is -0.354 e. The van der Waals surface area contributed by atoms with Gasteiger partial charge in [-0.2, -0.15) is 0 Å². The zero-order valence-electron chi connectivity index (χ0n) is 9.95. The molecule has 0 saturated heterocycles. The lowest BCUT2D eigenvalue weighted by Crippen LogP contribution is -2.08. The predicted octanol–water partition coefficient (Wildman–Crippen LogP) is 2.72. The van der Waals surface area contributed by atoms with Crippen molar-refractivity contribution < 1.29 is 8.78 Å². The average Bonchev–Trinajstić information content (AvgIpc) is 2.34. The van der Waals surface area contributed by atoms with Crippen LogP contribution in [-0.2, 0) is 6.42 Å². The molecule has 1 N–H and O–H groups in total. The third-order valence-corrected chi connectivity index (χ3v) is 2.60. The van der Waals surface area contributed by atoms with Crippen LogP contribution in [0.4, 0.5) is 14.7 Å². The molecule has 1 heterocycles. The largest absolute Gasteiger partial charge is 0.354 e. The average molecular weight is 249 g/mol. The molecule has 5 heteroatoms. The van der Waals surface area contributed by atoms with E-state index in [4.69, 9.17) is 0 Å². The Morgan fingerprint density at radius 3 is 2.50 bits per heavy atom. The maximum atomic E-state index is 12.9. The number of hydrogen-bond acceptors (Lipinski definition) is 3. The number of nitrogens with one attached hydrogen (secondary N) is 1. The highest BCUT2D eigenvalue weighted by Gasteiger charge is 2.01. The Hall–Kier alpha value is -2.04. The van der Waals surface area contributed by atoms with Gasteiger partial charge in [-0.3, -0.25) is 0 Å². The van der Waals surface area contributed by atoms with Crippen LogP contribution in [-0.4, -0.2) is 16.5 Å². The van der Waals surface area contributed by atoms with Crippen LogP contribution < -0.4 is 5.32 Å². The van der Waals surface area contributed by atoms with Crippen LogP contribution in [0.1, 0.15) is 11.1 Å². The van der Waals surface area contributed by atoms with Gasteiger partial charge in [-0.15, -0.1) is 0 Å². The Morgan fingerprint density at radius 1 is 1.11 bits per heavy atom.